The number of rotatable bonds is 10. The van der Waals surface area contributed by atoms with Gasteiger partial charge in [-0.1, -0.05) is 25.7 Å². The summed E-state index contributed by atoms with van der Waals surface area (Å²) in [5, 5.41) is 4.05. The van der Waals surface area contributed by atoms with Crippen LogP contribution in [0.5, 0.6) is 0 Å². The fraction of sp³-hybridized carbons (Fsp3) is 0.966. The summed E-state index contributed by atoms with van der Waals surface area (Å²) in [6.45, 7) is 5.98. The van der Waals surface area contributed by atoms with Crippen molar-refractivity contribution in [2.24, 2.45) is 0 Å². The minimum absolute atomic E-state index is 0. The molecule has 0 unspecified atom stereocenters. The van der Waals surface area contributed by atoms with E-state index in [1.54, 1.807) is 115 Å². The molecular weight excluding hydrogens is 541 g/mol. The summed E-state index contributed by atoms with van der Waals surface area (Å²) in [7, 11) is -0.281. The Morgan fingerprint density at radius 1 is 0.471 bits per heavy atom. The van der Waals surface area contributed by atoms with Gasteiger partial charge in [0.05, 0.1) is 35.0 Å². The predicted molar refractivity (Wildman–Crippen MR) is 156 cm³/mol. The first-order valence-corrected chi connectivity index (χ1v) is 18.8. The predicted octanol–water partition coefficient (Wildman–Crippen LogP) is 7.52. The van der Waals surface area contributed by atoms with Gasteiger partial charge in [0.2, 0.25) is 0 Å². The summed E-state index contributed by atoms with van der Waals surface area (Å²) in [5.41, 5.74) is 4.70. The second kappa shape index (κ2) is 19.2. The molecule has 2 nitrogen and oxygen atoms in total. The molecule has 0 saturated heterocycles. The van der Waals surface area contributed by atoms with Gasteiger partial charge in [-0.2, -0.15) is 0 Å². The Hall–Kier alpha value is 1.11. The monoisotopic (exact) mass is 600 g/mol. The summed E-state index contributed by atoms with van der Waals surface area (Å²) in [6, 6.07) is 0. The number of hydrogen-bond acceptors (Lipinski definition) is 2. The van der Waals surface area contributed by atoms with Crippen LogP contribution in [0.2, 0.25) is 0 Å². The van der Waals surface area contributed by atoms with Crippen LogP contribution in [0.25, 0.3) is 0 Å². The molecule has 0 radical (unpaired) electrons. The fourth-order valence-corrected chi connectivity index (χ4v) is 16.5. The molecule has 5 heteroatoms. The van der Waals surface area contributed by atoms with E-state index in [1.165, 1.54) is 61.4 Å². The van der Waals surface area contributed by atoms with Crippen LogP contribution < -0.4 is 5.32 Å². The molecule has 34 heavy (non-hydrogen) atoms. The van der Waals surface area contributed by atoms with Crippen molar-refractivity contribution in [3.63, 3.8) is 0 Å². The van der Waals surface area contributed by atoms with Crippen molar-refractivity contribution >= 4 is 22.6 Å². The fourth-order valence-electron chi connectivity index (χ4n) is 7.97. The third-order valence-corrected chi connectivity index (χ3v) is 17.9. The average Bonchev–Trinajstić information content (AvgIpc) is 2.91. The first-order chi connectivity index (χ1) is 16.4. The Labute approximate surface area is 228 Å². The van der Waals surface area contributed by atoms with Gasteiger partial charge in [-0.05, 0) is 103 Å². The van der Waals surface area contributed by atoms with Crippen LogP contribution in [0, 0.1) is 0 Å². The molecule has 0 aromatic carbocycles. The summed E-state index contributed by atoms with van der Waals surface area (Å²) in [6.07, 6.45) is 34.5. The molecule has 0 aromatic rings. The van der Waals surface area contributed by atoms with Crippen LogP contribution in [0.4, 0.5) is 0 Å². The zero-order chi connectivity index (χ0) is 23.1. The minimum atomic E-state index is -0.140. The van der Waals surface area contributed by atoms with E-state index in [9.17, 15) is 0 Å². The van der Waals surface area contributed by atoms with E-state index in [4.69, 9.17) is 4.79 Å². The molecule has 0 aromatic heterocycles. The molecule has 0 amide bonds. The maximum absolute atomic E-state index is 7.75. The van der Waals surface area contributed by atoms with E-state index in [-0.39, 0.29) is 35.3 Å². The standard InChI is InChI=1S/C28H53NP2.CHO.Ru.2H/c1-5-13-25(14-6-1)30(26-15-7-2-8-16-26)23-21-29-22-24-31(27-17-9-3-10-18-27)28-19-11-4-12-20-28;1-2;;;/h25-29H,1-24H2;1H;;;/q;-1;+2;;/p+2. The van der Waals surface area contributed by atoms with Crippen molar-refractivity contribution in [1.29, 1.82) is 0 Å². The van der Waals surface area contributed by atoms with Crippen LogP contribution in [-0.2, 0) is 24.3 Å². The molecule has 1 N–H and O–H groups in total. The molecule has 4 saturated carbocycles. The van der Waals surface area contributed by atoms with Gasteiger partial charge in [-0.15, -0.1) is 0 Å². The van der Waals surface area contributed by atoms with Crippen molar-refractivity contribution in [3.8, 4) is 0 Å². The number of hydrogen-bond donors (Lipinski definition) is 1. The van der Waals surface area contributed by atoms with Gasteiger partial charge in [0.25, 0.3) is 0 Å². The molecule has 0 atom stereocenters. The van der Waals surface area contributed by atoms with Crippen molar-refractivity contribution in [3.05, 3.63) is 0 Å². The van der Waals surface area contributed by atoms with Gasteiger partial charge in [0.1, 0.15) is 0 Å². The third-order valence-electron chi connectivity index (χ3n) is 9.70. The van der Waals surface area contributed by atoms with E-state index in [0.717, 1.165) is 0 Å². The van der Waals surface area contributed by atoms with Crippen LogP contribution in [0.15, 0.2) is 0 Å². The third kappa shape index (κ3) is 10.5. The summed E-state index contributed by atoms with van der Waals surface area (Å²) >= 11 is 0. The molecule has 4 rings (SSSR count). The maximum atomic E-state index is 7.75. The van der Waals surface area contributed by atoms with Gasteiger partial charge in [0, 0.05) is 28.9 Å². The van der Waals surface area contributed by atoms with Gasteiger partial charge < -0.3 is 10.1 Å². The first-order valence-electron chi connectivity index (χ1n) is 15.1. The van der Waals surface area contributed by atoms with E-state index in [2.05, 4.69) is 12.1 Å². The van der Waals surface area contributed by atoms with Crippen molar-refractivity contribution in [1.82, 2.24) is 5.32 Å². The van der Waals surface area contributed by atoms with Crippen LogP contribution >= 0.6 is 15.8 Å². The second-order valence-corrected chi connectivity index (χ2v) is 18.3. The topological polar surface area (TPSA) is 29.1 Å². The van der Waals surface area contributed by atoms with Gasteiger partial charge in [-0.3, -0.25) is 6.79 Å². The van der Waals surface area contributed by atoms with Crippen LogP contribution in [-0.4, -0.2) is 54.8 Å². The summed E-state index contributed by atoms with van der Waals surface area (Å²) in [4.78, 5) is 7.75. The Morgan fingerprint density at radius 3 is 0.941 bits per heavy atom. The summed E-state index contributed by atoms with van der Waals surface area (Å²) < 4.78 is 0. The van der Waals surface area contributed by atoms with E-state index in [0.29, 0.717) is 0 Å². The Balaban J connectivity index is 0.00000133. The average molecular weight is 600 g/mol. The second-order valence-electron chi connectivity index (χ2n) is 11.7. The molecule has 4 aliphatic rings. The molecular formula is C29H58NOP2Ru+3. The van der Waals surface area contributed by atoms with Crippen molar-refractivity contribution in [2.45, 2.75) is 151 Å². The van der Waals surface area contributed by atoms with E-state index >= 15 is 0 Å². The molecule has 4 fully saturated rings. The molecule has 0 heterocycles. The number of carbonyl (C=O) groups excluding carboxylic acids is 1. The van der Waals surface area contributed by atoms with E-state index < -0.39 is 0 Å². The molecule has 0 aliphatic heterocycles. The van der Waals surface area contributed by atoms with Gasteiger partial charge in [0.15, 0.2) is 0 Å². The zero-order valence-corrected chi connectivity index (χ0v) is 26.2. The van der Waals surface area contributed by atoms with Crippen molar-refractivity contribution < 1.29 is 24.3 Å². The normalized spacial score (nSPS) is 23.9. The molecule has 200 valence electrons. The Kier molecular flexibility index (Phi) is 17.7. The van der Waals surface area contributed by atoms with Gasteiger partial charge >= 0.3 is 19.5 Å². The first kappa shape index (κ1) is 31.3. The Bertz CT molecular complexity index is 409. The van der Waals surface area contributed by atoms with Crippen molar-refractivity contribution in [2.75, 3.05) is 25.4 Å². The SMILES string of the molecule is C1CCC([PH+](CCNCC[PH+](C2CCCCC2)C2CCCCC2)C2CCCCC2)CC1.[CH-]=O.[RuH2+2]. The molecule has 4 aliphatic carbocycles. The summed E-state index contributed by atoms with van der Waals surface area (Å²) in [5.74, 6) is 0. The number of nitrogens with one attached hydrogen (secondary N) is 1. The molecule has 0 bridgehead atoms. The van der Waals surface area contributed by atoms with Crippen LogP contribution in [0.1, 0.15) is 128 Å². The van der Waals surface area contributed by atoms with Crippen LogP contribution in [0.3, 0.4) is 0 Å². The van der Waals surface area contributed by atoms with Gasteiger partial charge in [-0.25, -0.2) is 0 Å². The molecule has 0 spiro atoms. The quantitative estimate of drug-likeness (QED) is 0.0925. The Morgan fingerprint density at radius 2 is 0.706 bits per heavy atom. The zero-order valence-electron chi connectivity index (χ0n) is 22.2. The van der Waals surface area contributed by atoms with E-state index in [1.807, 2.05) is 0 Å².